The highest BCUT2D eigenvalue weighted by Gasteiger charge is 2.15. The van der Waals surface area contributed by atoms with Crippen LogP contribution in [-0.4, -0.2) is 9.55 Å². The van der Waals surface area contributed by atoms with E-state index in [0.717, 1.165) is 21.4 Å². The molecule has 0 aliphatic heterocycles. The molecule has 4 heteroatoms. The van der Waals surface area contributed by atoms with Crippen molar-refractivity contribution in [2.45, 2.75) is 19.9 Å². The van der Waals surface area contributed by atoms with Crippen LogP contribution in [0, 0.1) is 6.92 Å². The lowest BCUT2D eigenvalue weighted by atomic mass is 10.1. The van der Waals surface area contributed by atoms with Gasteiger partial charge in [0.05, 0.1) is 16.9 Å². The number of aromatic nitrogens is 2. The molecule has 0 saturated heterocycles. The van der Waals surface area contributed by atoms with Gasteiger partial charge in [0.25, 0.3) is 5.56 Å². The molecular weight excluding hydrogens is 328 g/mol. The first-order valence-electron chi connectivity index (χ1n) is 6.81. The van der Waals surface area contributed by atoms with Crippen molar-refractivity contribution in [2.24, 2.45) is 0 Å². The minimum Gasteiger partial charge on any atom is -0.289 e. The molecule has 0 aliphatic rings. The molecule has 0 spiro atoms. The molecule has 3 nitrogen and oxygen atoms in total. The van der Waals surface area contributed by atoms with Crippen LogP contribution in [0.25, 0.3) is 10.9 Å². The molecule has 0 saturated carbocycles. The van der Waals surface area contributed by atoms with Gasteiger partial charge in [0, 0.05) is 4.47 Å². The smallest absolute Gasteiger partial charge is 0.261 e. The lowest BCUT2D eigenvalue weighted by Gasteiger charge is -2.18. The lowest BCUT2D eigenvalue weighted by molar-refractivity contribution is 0.588. The van der Waals surface area contributed by atoms with Gasteiger partial charge < -0.3 is 0 Å². The fraction of sp³-hybridized carbons (Fsp3) is 0.176. The summed E-state index contributed by atoms with van der Waals surface area (Å²) in [7, 11) is 0. The molecule has 3 rings (SSSR count). The second kappa shape index (κ2) is 5.45. The van der Waals surface area contributed by atoms with Gasteiger partial charge in [-0.3, -0.25) is 9.36 Å². The molecular formula is C17H15BrN2O. The third-order valence-corrected chi connectivity index (χ3v) is 4.20. The molecule has 3 aromatic rings. The Morgan fingerprint density at radius 2 is 1.86 bits per heavy atom. The Morgan fingerprint density at radius 1 is 1.14 bits per heavy atom. The molecule has 1 atom stereocenters. The van der Waals surface area contributed by atoms with Crippen molar-refractivity contribution in [3.8, 4) is 0 Å². The summed E-state index contributed by atoms with van der Waals surface area (Å²) in [6, 6.07) is 15.6. The standard InChI is InChI=1S/C17H15BrN2O/c1-11(13-6-4-3-5-7-13)20-12(2)19-16-9-8-14(18)10-15(16)17(20)21/h3-11H,1-2H3. The molecule has 1 aromatic heterocycles. The topological polar surface area (TPSA) is 34.9 Å². The van der Waals surface area contributed by atoms with Crippen molar-refractivity contribution >= 4 is 26.8 Å². The Hall–Kier alpha value is -1.94. The molecule has 0 aliphatic carbocycles. The van der Waals surface area contributed by atoms with E-state index >= 15 is 0 Å². The summed E-state index contributed by atoms with van der Waals surface area (Å²) in [4.78, 5) is 17.4. The molecule has 1 unspecified atom stereocenters. The molecule has 21 heavy (non-hydrogen) atoms. The average molecular weight is 343 g/mol. The Kier molecular flexibility index (Phi) is 3.64. The van der Waals surface area contributed by atoms with Crippen LogP contribution in [0.2, 0.25) is 0 Å². The van der Waals surface area contributed by atoms with Crippen molar-refractivity contribution in [1.29, 1.82) is 0 Å². The van der Waals surface area contributed by atoms with Crippen LogP contribution in [0.1, 0.15) is 24.4 Å². The second-order valence-electron chi connectivity index (χ2n) is 5.08. The van der Waals surface area contributed by atoms with Crippen LogP contribution in [-0.2, 0) is 0 Å². The normalized spacial score (nSPS) is 12.5. The average Bonchev–Trinajstić information content (AvgIpc) is 2.49. The molecule has 0 fully saturated rings. The molecule has 0 radical (unpaired) electrons. The van der Waals surface area contributed by atoms with Crippen LogP contribution < -0.4 is 5.56 Å². The van der Waals surface area contributed by atoms with Gasteiger partial charge in [0.15, 0.2) is 0 Å². The summed E-state index contributed by atoms with van der Waals surface area (Å²) in [5, 5.41) is 0.637. The van der Waals surface area contributed by atoms with Gasteiger partial charge in [0.1, 0.15) is 5.82 Å². The summed E-state index contributed by atoms with van der Waals surface area (Å²) in [6.45, 7) is 3.90. The van der Waals surface area contributed by atoms with Crippen molar-refractivity contribution in [3.63, 3.8) is 0 Å². The highest BCUT2D eigenvalue weighted by Crippen LogP contribution is 2.20. The molecule has 2 aromatic carbocycles. The maximum absolute atomic E-state index is 12.8. The third-order valence-electron chi connectivity index (χ3n) is 3.71. The van der Waals surface area contributed by atoms with E-state index < -0.39 is 0 Å². The molecule has 0 amide bonds. The zero-order valence-electron chi connectivity index (χ0n) is 11.9. The molecule has 106 valence electrons. The lowest BCUT2D eigenvalue weighted by Crippen LogP contribution is -2.27. The number of hydrogen-bond donors (Lipinski definition) is 0. The van der Waals surface area contributed by atoms with E-state index in [4.69, 9.17) is 0 Å². The predicted octanol–water partition coefficient (Wildman–Crippen LogP) is 4.08. The highest BCUT2D eigenvalue weighted by molar-refractivity contribution is 9.10. The minimum absolute atomic E-state index is 0.00449. The fourth-order valence-electron chi connectivity index (χ4n) is 2.62. The van der Waals surface area contributed by atoms with E-state index in [1.807, 2.05) is 62.4 Å². The largest absolute Gasteiger partial charge is 0.289 e. The van der Waals surface area contributed by atoms with Gasteiger partial charge in [-0.2, -0.15) is 0 Å². The van der Waals surface area contributed by atoms with Crippen LogP contribution in [0.5, 0.6) is 0 Å². The van der Waals surface area contributed by atoms with Crippen molar-refractivity contribution < 1.29 is 0 Å². The van der Waals surface area contributed by atoms with Gasteiger partial charge in [0.2, 0.25) is 0 Å². The Labute approximate surface area is 131 Å². The number of fused-ring (bicyclic) bond motifs is 1. The Balaban J connectivity index is 2.25. The zero-order chi connectivity index (χ0) is 15.0. The summed E-state index contributed by atoms with van der Waals surface area (Å²) in [6.07, 6.45) is 0. The van der Waals surface area contributed by atoms with Crippen molar-refractivity contribution in [2.75, 3.05) is 0 Å². The van der Waals surface area contributed by atoms with Crippen LogP contribution in [0.3, 0.4) is 0 Å². The predicted molar refractivity (Wildman–Crippen MR) is 88.7 cm³/mol. The van der Waals surface area contributed by atoms with E-state index in [9.17, 15) is 4.79 Å². The van der Waals surface area contributed by atoms with Crippen LogP contribution in [0.15, 0.2) is 57.8 Å². The molecule has 0 N–H and O–H groups in total. The fourth-order valence-corrected chi connectivity index (χ4v) is 2.98. The van der Waals surface area contributed by atoms with Gasteiger partial charge in [-0.05, 0) is 37.6 Å². The summed E-state index contributed by atoms with van der Waals surface area (Å²) < 4.78 is 2.64. The van der Waals surface area contributed by atoms with Crippen LogP contribution in [0.4, 0.5) is 0 Å². The number of rotatable bonds is 2. The first-order valence-corrected chi connectivity index (χ1v) is 7.60. The van der Waals surface area contributed by atoms with Crippen LogP contribution >= 0.6 is 15.9 Å². The maximum atomic E-state index is 12.8. The Bertz CT molecular complexity index is 856. The first kappa shape index (κ1) is 14.0. The summed E-state index contributed by atoms with van der Waals surface area (Å²) in [5.41, 5.74) is 1.83. The van der Waals surface area contributed by atoms with E-state index in [2.05, 4.69) is 20.9 Å². The van der Waals surface area contributed by atoms with E-state index in [1.165, 1.54) is 0 Å². The third kappa shape index (κ3) is 2.51. The number of hydrogen-bond acceptors (Lipinski definition) is 2. The van der Waals surface area contributed by atoms with Crippen molar-refractivity contribution in [1.82, 2.24) is 9.55 Å². The number of benzene rings is 2. The summed E-state index contributed by atoms with van der Waals surface area (Å²) in [5.74, 6) is 0.728. The van der Waals surface area contributed by atoms with E-state index in [-0.39, 0.29) is 11.6 Å². The van der Waals surface area contributed by atoms with Crippen molar-refractivity contribution in [3.05, 3.63) is 74.7 Å². The van der Waals surface area contributed by atoms with Gasteiger partial charge in [-0.15, -0.1) is 0 Å². The van der Waals surface area contributed by atoms with Gasteiger partial charge in [-0.1, -0.05) is 46.3 Å². The summed E-state index contributed by atoms with van der Waals surface area (Å²) >= 11 is 3.42. The maximum Gasteiger partial charge on any atom is 0.261 e. The number of nitrogens with zero attached hydrogens (tertiary/aromatic N) is 2. The molecule has 0 bridgehead atoms. The van der Waals surface area contributed by atoms with E-state index in [1.54, 1.807) is 4.57 Å². The number of halogens is 1. The quantitative estimate of drug-likeness (QED) is 0.703. The Morgan fingerprint density at radius 3 is 2.57 bits per heavy atom. The SMILES string of the molecule is Cc1nc2ccc(Br)cc2c(=O)n1C(C)c1ccccc1. The van der Waals surface area contributed by atoms with Gasteiger partial charge >= 0.3 is 0 Å². The minimum atomic E-state index is -0.0467. The highest BCUT2D eigenvalue weighted by atomic mass is 79.9. The van der Waals surface area contributed by atoms with Gasteiger partial charge in [-0.25, -0.2) is 4.98 Å². The molecule has 1 heterocycles. The monoisotopic (exact) mass is 342 g/mol. The second-order valence-corrected chi connectivity index (χ2v) is 6.00. The zero-order valence-corrected chi connectivity index (χ0v) is 13.5. The number of aryl methyl sites for hydroxylation is 1. The first-order chi connectivity index (χ1) is 10.1. The van der Waals surface area contributed by atoms with E-state index in [0.29, 0.717) is 5.39 Å².